The third-order valence-electron chi connectivity index (χ3n) is 6.09. The summed E-state index contributed by atoms with van der Waals surface area (Å²) in [6.07, 6.45) is 8.84. The molecule has 0 aromatic carbocycles. The number of carbonyl (C=O) groups excluding carboxylic acids is 1. The fraction of sp³-hybridized carbons (Fsp3) is 0.765. The lowest BCUT2D eigenvalue weighted by molar-refractivity contribution is -0.122. The van der Waals surface area contributed by atoms with E-state index in [4.69, 9.17) is 5.73 Å². The maximum atomic E-state index is 12.8. The molecule has 2 atom stereocenters. The number of hydrogen-bond donors (Lipinski definition) is 2. The van der Waals surface area contributed by atoms with E-state index in [9.17, 15) is 4.79 Å². The van der Waals surface area contributed by atoms with Crippen LogP contribution >= 0.6 is 0 Å². The van der Waals surface area contributed by atoms with E-state index in [2.05, 4.69) is 10.4 Å². The summed E-state index contributed by atoms with van der Waals surface area (Å²) in [5.74, 6) is 2.32. The van der Waals surface area contributed by atoms with E-state index >= 15 is 0 Å². The third-order valence-corrected chi connectivity index (χ3v) is 6.09. The number of fused-ring (bicyclic) bond motifs is 3. The Morgan fingerprint density at radius 3 is 2.68 bits per heavy atom. The van der Waals surface area contributed by atoms with Gasteiger partial charge in [0.05, 0.1) is 5.69 Å². The lowest BCUT2D eigenvalue weighted by atomic mass is 9.65. The van der Waals surface area contributed by atoms with Crippen molar-refractivity contribution in [2.45, 2.75) is 57.4 Å². The van der Waals surface area contributed by atoms with Crippen molar-refractivity contribution in [2.75, 3.05) is 5.32 Å². The highest BCUT2D eigenvalue weighted by Crippen LogP contribution is 2.42. The summed E-state index contributed by atoms with van der Waals surface area (Å²) in [6.45, 7) is 0. The van der Waals surface area contributed by atoms with E-state index in [0.29, 0.717) is 17.9 Å². The van der Waals surface area contributed by atoms with E-state index < -0.39 is 0 Å². The Hall–Kier alpha value is -1.36. The molecule has 1 heterocycles. The molecule has 22 heavy (non-hydrogen) atoms. The lowest BCUT2D eigenvalue weighted by Crippen LogP contribution is -2.48. The molecule has 2 saturated carbocycles. The Morgan fingerprint density at radius 1 is 1.23 bits per heavy atom. The number of nitrogens with zero attached hydrogens (tertiary/aromatic N) is 2. The summed E-state index contributed by atoms with van der Waals surface area (Å²) in [4.78, 5) is 12.8. The number of carbonyl (C=O) groups is 1. The minimum Gasteiger partial charge on any atom is -0.327 e. The van der Waals surface area contributed by atoms with Gasteiger partial charge in [-0.2, -0.15) is 5.10 Å². The lowest BCUT2D eigenvalue weighted by Gasteiger charge is -2.43. The van der Waals surface area contributed by atoms with Gasteiger partial charge in [0.25, 0.3) is 0 Å². The van der Waals surface area contributed by atoms with Crippen LogP contribution in [0, 0.1) is 17.8 Å². The van der Waals surface area contributed by atoms with Gasteiger partial charge in [-0.15, -0.1) is 0 Å². The maximum absolute atomic E-state index is 12.8. The zero-order chi connectivity index (χ0) is 15.3. The van der Waals surface area contributed by atoms with Crippen molar-refractivity contribution in [2.24, 2.45) is 30.5 Å². The second-order valence-corrected chi connectivity index (χ2v) is 7.44. The van der Waals surface area contributed by atoms with Gasteiger partial charge < -0.3 is 11.1 Å². The molecule has 2 fully saturated rings. The summed E-state index contributed by atoms with van der Waals surface area (Å²) >= 11 is 0. The van der Waals surface area contributed by atoms with Crippen LogP contribution in [0.3, 0.4) is 0 Å². The second kappa shape index (κ2) is 5.37. The van der Waals surface area contributed by atoms with Gasteiger partial charge >= 0.3 is 0 Å². The zero-order valence-electron chi connectivity index (χ0n) is 13.3. The molecule has 0 saturated heterocycles. The fourth-order valence-corrected chi connectivity index (χ4v) is 4.90. The SMILES string of the molecule is Cn1nc2c(c1NC(=O)C1CC3CCCC(C1)C3N)CCC2. The summed E-state index contributed by atoms with van der Waals surface area (Å²) in [7, 11) is 1.93. The molecule has 3 N–H and O–H groups in total. The van der Waals surface area contributed by atoms with E-state index in [1.165, 1.54) is 30.5 Å². The van der Waals surface area contributed by atoms with Gasteiger partial charge in [-0.3, -0.25) is 9.48 Å². The first-order chi connectivity index (χ1) is 10.6. The molecule has 120 valence electrons. The number of hydrogen-bond acceptors (Lipinski definition) is 3. The highest BCUT2D eigenvalue weighted by atomic mass is 16.2. The van der Waals surface area contributed by atoms with Crippen LogP contribution in [0.1, 0.15) is 49.8 Å². The Bertz CT molecular complexity index is 580. The molecule has 5 heteroatoms. The molecule has 5 nitrogen and oxygen atoms in total. The predicted molar refractivity (Wildman–Crippen MR) is 85.4 cm³/mol. The van der Waals surface area contributed by atoms with Gasteiger partial charge in [-0.05, 0) is 56.8 Å². The monoisotopic (exact) mass is 302 g/mol. The Morgan fingerprint density at radius 2 is 1.95 bits per heavy atom. The first-order valence-electron chi connectivity index (χ1n) is 8.74. The van der Waals surface area contributed by atoms with Crippen molar-refractivity contribution < 1.29 is 4.79 Å². The van der Waals surface area contributed by atoms with Crippen LogP contribution in [0.4, 0.5) is 5.82 Å². The van der Waals surface area contributed by atoms with E-state index in [1.807, 2.05) is 11.7 Å². The van der Waals surface area contributed by atoms with E-state index in [1.54, 1.807) is 0 Å². The van der Waals surface area contributed by atoms with Crippen molar-refractivity contribution in [3.63, 3.8) is 0 Å². The van der Waals surface area contributed by atoms with Crippen molar-refractivity contribution in [3.8, 4) is 0 Å². The first kappa shape index (κ1) is 14.2. The van der Waals surface area contributed by atoms with Gasteiger partial charge in [0.1, 0.15) is 5.82 Å². The van der Waals surface area contributed by atoms with Crippen molar-refractivity contribution >= 4 is 11.7 Å². The smallest absolute Gasteiger partial charge is 0.228 e. The number of rotatable bonds is 2. The largest absolute Gasteiger partial charge is 0.327 e. The molecular formula is C17H26N4O. The average Bonchev–Trinajstić information content (AvgIpc) is 3.01. The number of aryl methyl sites for hydroxylation is 2. The van der Waals surface area contributed by atoms with E-state index in [0.717, 1.165) is 37.9 Å². The normalized spacial score (nSPS) is 33.5. The predicted octanol–water partition coefficient (Wildman–Crippen LogP) is 2.00. The number of amides is 1. The summed E-state index contributed by atoms with van der Waals surface area (Å²) < 4.78 is 1.84. The van der Waals surface area contributed by atoms with E-state index in [-0.39, 0.29) is 11.8 Å². The second-order valence-electron chi connectivity index (χ2n) is 7.44. The van der Waals surface area contributed by atoms with Gasteiger partial charge in [0, 0.05) is 24.6 Å². The zero-order valence-corrected chi connectivity index (χ0v) is 13.3. The topological polar surface area (TPSA) is 72.9 Å². The summed E-state index contributed by atoms with van der Waals surface area (Å²) in [6, 6.07) is 0.318. The Labute approximate surface area is 131 Å². The van der Waals surface area contributed by atoms with Gasteiger partial charge in [0.2, 0.25) is 5.91 Å². The molecule has 3 aliphatic rings. The molecule has 2 unspecified atom stereocenters. The molecule has 4 rings (SSSR count). The van der Waals surface area contributed by atoms with Gasteiger partial charge in [-0.1, -0.05) is 6.42 Å². The number of anilines is 1. The molecule has 3 aliphatic carbocycles. The molecule has 2 bridgehead atoms. The molecule has 1 amide bonds. The van der Waals surface area contributed by atoms with Crippen LogP contribution in [0.2, 0.25) is 0 Å². The molecule has 0 aliphatic heterocycles. The number of aromatic nitrogens is 2. The molecule has 0 spiro atoms. The first-order valence-corrected chi connectivity index (χ1v) is 8.74. The van der Waals surface area contributed by atoms with Crippen LogP contribution in [-0.2, 0) is 24.7 Å². The van der Waals surface area contributed by atoms with Crippen molar-refractivity contribution in [1.29, 1.82) is 0 Å². The minimum atomic E-state index is 0.127. The fourth-order valence-electron chi connectivity index (χ4n) is 4.90. The van der Waals surface area contributed by atoms with Gasteiger partial charge in [0.15, 0.2) is 0 Å². The van der Waals surface area contributed by atoms with Gasteiger partial charge in [-0.25, -0.2) is 0 Å². The minimum absolute atomic E-state index is 0.127. The third kappa shape index (κ3) is 2.26. The summed E-state index contributed by atoms with van der Waals surface area (Å²) in [5, 5.41) is 7.73. The Kier molecular flexibility index (Phi) is 3.48. The molecule has 1 aromatic rings. The van der Waals surface area contributed by atoms with Crippen LogP contribution in [0.15, 0.2) is 0 Å². The quantitative estimate of drug-likeness (QED) is 0.877. The van der Waals surface area contributed by atoms with Crippen LogP contribution in [-0.4, -0.2) is 21.7 Å². The molecule has 0 radical (unpaired) electrons. The highest BCUT2D eigenvalue weighted by molar-refractivity contribution is 5.92. The maximum Gasteiger partial charge on any atom is 0.228 e. The van der Waals surface area contributed by atoms with Crippen molar-refractivity contribution in [1.82, 2.24) is 9.78 Å². The Balaban J connectivity index is 1.49. The van der Waals surface area contributed by atoms with Crippen LogP contribution in [0.25, 0.3) is 0 Å². The number of nitrogens with two attached hydrogens (primary N) is 1. The molecule has 1 aromatic heterocycles. The average molecular weight is 302 g/mol. The van der Waals surface area contributed by atoms with Crippen molar-refractivity contribution in [3.05, 3.63) is 11.3 Å². The number of nitrogens with one attached hydrogen (secondary N) is 1. The van der Waals surface area contributed by atoms with Crippen LogP contribution in [0.5, 0.6) is 0 Å². The molecular weight excluding hydrogens is 276 g/mol. The highest BCUT2D eigenvalue weighted by Gasteiger charge is 2.40. The summed E-state index contributed by atoms with van der Waals surface area (Å²) in [5.41, 5.74) is 8.76. The standard InChI is InChI=1S/C17H26N4O/c1-21-16(13-6-3-7-14(13)20-21)19-17(22)12-8-10-4-2-5-11(9-12)15(10)18/h10-12,15H,2-9,18H2,1H3,(H,19,22). The van der Waals surface area contributed by atoms with Crippen LogP contribution < -0.4 is 11.1 Å².